The fraction of sp³-hybridized carbons (Fsp3) is 0.545. The van der Waals surface area contributed by atoms with Crippen LogP contribution in [0.15, 0.2) is 18.5 Å². The monoisotopic (exact) mass is 228 g/mol. The highest BCUT2D eigenvalue weighted by Crippen LogP contribution is 2.19. The Kier molecular flexibility index (Phi) is 5.43. The van der Waals surface area contributed by atoms with Gasteiger partial charge in [0.1, 0.15) is 0 Å². The van der Waals surface area contributed by atoms with Crippen LogP contribution >= 0.6 is 11.6 Å². The largest absolute Gasteiger partial charge is 0.385 e. The summed E-state index contributed by atoms with van der Waals surface area (Å²) < 4.78 is 5.02. The number of ether oxygens (including phenoxy) is 1. The van der Waals surface area contributed by atoms with Crippen molar-refractivity contribution in [1.82, 2.24) is 4.98 Å². The molecule has 0 saturated heterocycles. The first kappa shape index (κ1) is 12.3. The summed E-state index contributed by atoms with van der Waals surface area (Å²) in [5.74, 6) is 0.520. The van der Waals surface area contributed by atoms with E-state index < -0.39 is 0 Å². The molecule has 0 aliphatic rings. The van der Waals surface area contributed by atoms with E-state index in [2.05, 4.69) is 9.88 Å². The number of pyridine rings is 1. The van der Waals surface area contributed by atoms with Crippen molar-refractivity contribution < 1.29 is 4.74 Å². The summed E-state index contributed by atoms with van der Waals surface area (Å²) in [4.78, 5) is 6.27. The molecule has 0 radical (unpaired) electrons. The molecule has 1 heterocycles. The van der Waals surface area contributed by atoms with Gasteiger partial charge in [0.25, 0.3) is 0 Å². The Morgan fingerprint density at radius 1 is 1.53 bits per heavy atom. The highest BCUT2D eigenvalue weighted by atomic mass is 35.5. The van der Waals surface area contributed by atoms with Gasteiger partial charge < -0.3 is 9.64 Å². The molecule has 0 fully saturated rings. The number of methoxy groups -OCH3 is 1. The van der Waals surface area contributed by atoms with Crippen LogP contribution in [0.1, 0.15) is 12.0 Å². The molecular weight excluding hydrogens is 212 g/mol. The minimum Gasteiger partial charge on any atom is -0.385 e. The van der Waals surface area contributed by atoms with Crippen LogP contribution in [0.2, 0.25) is 0 Å². The molecule has 1 aromatic heterocycles. The van der Waals surface area contributed by atoms with Gasteiger partial charge in [-0.1, -0.05) is 0 Å². The summed E-state index contributed by atoms with van der Waals surface area (Å²) >= 11 is 5.86. The Morgan fingerprint density at radius 3 is 3.00 bits per heavy atom. The summed E-state index contributed by atoms with van der Waals surface area (Å²) in [6, 6.07) is 1.95. The van der Waals surface area contributed by atoms with Crippen LogP contribution in [-0.4, -0.2) is 32.3 Å². The third-order valence-electron chi connectivity index (χ3n) is 2.28. The van der Waals surface area contributed by atoms with Crippen molar-refractivity contribution in [1.29, 1.82) is 0 Å². The van der Waals surface area contributed by atoms with Gasteiger partial charge in [0.15, 0.2) is 0 Å². The summed E-state index contributed by atoms with van der Waals surface area (Å²) in [6.07, 6.45) is 4.62. The molecule has 4 heteroatoms. The molecule has 0 amide bonds. The van der Waals surface area contributed by atoms with E-state index in [-0.39, 0.29) is 0 Å². The lowest BCUT2D eigenvalue weighted by molar-refractivity contribution is 0.196. The van der Waals surface area contributed by atoms with E-state index in [1.165, 1.54) is 0 Å². The summed E-state index contributed by atoms with van der Waals surface area (Å²) in [5.41, 5.74) is 2.22. The van der Waals surface area contributed by atoms with Gasteiger partial charge in [0.05, 0.1) is 11.9 Å². The van der Waals surface area contributed by atoms with Crippen molar-refractivity contribution >= 4 is 17.3 Å². The van der Waals surface area contributed by atoms with Crippen LogP contribution in [0.25, 0.3) is 0 Å². The minimum absolute atomic E-state index is 0.520. The quantitative estimate of drug-likeness (QED) is 0.552. The maximum Gasteiger partial charge on any atom is 0.0594 e. The van der Waals surface area contributed by atoms with Crippen molar-refractivity contribution in [3.05, 3.63) is 24.0 Å². The molecule has 3 nitrogen and oxygen atoms in total. The zero-order chi connectivity index (χ0) is 11.1. The van der Waals surface area contributed by atoms with E-state index in [9.17, 15) is 0 Å². The maximum absolute atomic E-state index is 5.86. The van der Waals surface area contributed by atoms with Gasteiger partial charge in [0.2, 0.25) is 0 Å². The van der Waals surface area contributed by atoms with E-state index in [1.807, 2.05) is 19.3 Å². The van der Waals surface area contributed by atoms with Gasteiger partial charge in [-0.3, -0.25) is 4.98 Å². The molecule has 0 aliphatic carbocycles. The first-order chi connectivity index (χ1) is 7.29. The molecule has 0 saturated carbocycles. The van der Waals surface area contributed by atoms with Crippen LogP contribution in [0, 0.1) is 0 Å². The Balaban J connectivity index is 2.59. The molecule has 0 aliphatic heterocycles. The SMILES string of the molecule is COCCCN(C)c1cnccc1CCl. The predicted octanol–water partition coefficient (Wildman–Crippen LogP) is 2.29. The molecular formula is C11H17ClN2O. The molecule has 84 valence electrons. The zero-order valence-electron chi connectivity index (χ0n) is 9.24. The number of hydrogen-bond donors (Lipinski definition) is 0. The lowest BCUT2D eigenvalue weighted by Crippen LogP contribution is -2.21. The standard InChI is InChI=1S/C11H17ClN2O/c1-14(6-3-7-15-2)11-9-13-5-4-10(11)8-12/h4-5,9H,3,6-8H2,1-2H3. The van der Waals surface area contributed by atoms with Gasteiger partial charge in [0, 0.05) is 39.4 Å². The number of anilines is 1. The Morgan fingerprint density at radius 2 is 2.33 bits per heavy atom. The first-order valence-corrected chi connectivity index (χ1v) is 5.52. The summed E-state index contributed by atoms with van der Waals surface area (Å²) in [6.45, 7) is 1.73. The van der Waals surface area contributed by atoms with Gasteiger partial charge in [-0.2, -0.15) is 0 Å². The second-order valence-electron chi connectivity index (χ2n) is 3.41. The zero-order valence-corrected chi connectivity index (χ0v) is 10.00. The van der Waals surface area contributed by atoms with E-state index in [0.29, 0.717) is 5.88 Å². The van der Waals surface area contributed by atoms with Crippen molar-refractivity contribution in [2.45, 2.75) is 12.3 Å². The highest BCUT2D eigenvalue weighted by molar-refractivity contribution is 6.17. The molecule has 15 heavy (non-hydrogen) atoms. The second kappa shape index (κ2) is 6.64. The van der Waals surface area contributed by atoms with E-state index in [1.54, 1.807) is 13.3 Å². The van der Waals surface area contributed by atoms with Crippen molar-refractivity contribution in [2.75, 3.05) is 32.2 Å². The molecule has 0 unspecified atom stereocenters. The minimum atomic E-state index is 0.520. The Labute approximate surface area is 96.0 Å². The van der Waals surface area contributed by atoms with E-state index in [0.717, 1.165) is 30.8 Å². The molecule has 1 rings (SSSR count). The third-order valence-corrected chi connectivity index (χ3v) is 2.57. The van der Waals surface area contributed by atoms with Gasteiger partial charge in [-0.25, -0.2) is 0 Å². The maximum atomic E-state index is 5.86. The van der Waals surface area contributed by atoms with Crippen molar-refractivity contribution in [3.8, 4) is 0 Å². The topological polar surface area (TPSA) is 25.4 Å². The predicted molar refractivity (Wildman–Crippen MR) is 63.6 cm³/mol. The summed E-state index contributed by atoms with van der Waals surface area (Å²) in [5, 5.41) is 0. The molecule has 0 atom stereocenters. The Hall–Kier alpha value is -0.800. The van der Waals surface area contributed by atoms with Crippen molar-refractivity contribution in [2.24, 2.45) is 0 Å². The molecule has 0 aromatic carbocycles. The smallest absolute Gasteiger partial charge is 0.0594 e. The van der Waals surface area contributed by atoms with Crippen LogP contribution in [-0.2, 0) is 10.6 Å². The van der Waals surface area contributed by atoms with Crippen LogP contribution in [0.3, 0.4) is 0 Å². The fourth-order valence-electron chi connectivity index (χ4n) is 1.44. The Bertz CT molecular complexity index is 294. The summed E-state index contributed by atoms with van der Waals surface area (Å²) in [7, 11) is 3.76. The first-order valence-electron chi connectivity index (χ1n) is 4.98. The van der Waals surface area contributed by atoms with Crippen molar-refractivity contribution in [3.63, 3.8) is 0 Å². The average Bonchev–Trinajstić information content (AvgIpc) is 2.29. The molecule has 0 spiro atoms. The molecule has 0 N–H and O–H groups in total. The van der Waals surface area contributed by atoms with Crippen LogP contribution in [0.5, 0.6) is 0 Å². The highest BCUT2D eigenvalue weighted by Gasteiger charge is 2.05. The number of rotatable bonds is 6. The number of nitrogens with zero attached hydrogens (tertiary/aromatic N) is 2. The van der Waals surface area contributed by atoms with Gasteiger partial charge in [-0.05, 0) is 18.1 Å². The molecule has 1 aromatic rings. The number of hydrogen-bond acceptors (Lipinski definition) is 3. The van der Waals surface area contributed by atoms with E-state index in [4.69, 9.17) is 16.3 Å². The van der Waals surface area contributed by atoms with Gasteiger partial charge in [-0.15, -0.1) is 11.6 Å². The third kappa shape index (κ3) is 3.68. The number of aromatic nitrogens is 1. The lowest BCUT2D eigenvalue weighted by Gasteiger charge is -2.21. The number of halogens is 1. The molecule has 0 bridgehead atoms. The van der Waals surface area contributed by atoms with Crippen LogP contribution < -0.4 is 4.90 Å². The normalized spacial score (nSPS) is 10.3. The lowest BCUT2D eigenvalue weighted by atomic mass is 10.2. The van der Waals surface area contributed by atoms with E-state index >= 15 is 0 Å². The fourth-order valence-corrected chi connectivity index (χ4v) is 1.66. The van der Waals surface area contributed by atoms with Crippen LogP contribution in [0.4, 0.5) is 5.69 Å². The second-order valence-corrected chi connectivity index (χ2v) is 3.67. The number of alkyl halides is 1. The van der Waals surface area contributed by atoms with Gasteiger partial charge >= 0.3 is 0 Å². The average molecular weight is 229 g/mol.